The molecule has 0 saturated carbocycles. The van der Waals surface area contributed by atoms with E-state index in [-0.39, 0.29) is 35.2 Å². The number of nitrogens with zero attached hydrogens (tertiary/aromatic N) is 5. The minimum absolute atomic E-state index is 0.0387. The average molecular weight is 604 g/mol. The molecule has 5 rings (SSSR count). The monoisotopic (exact) mass is 603 g/mol. The van der Waals surface area contributed by atoms with Crippen LogP contribution in [0, 0.1) is 5.82 Å². The lowest BCUT2D eigenvalue weighted by Crippen LogP contribution is -2.50. The second-order valence-corrected chi connectivity index (χ2v) is 11.1. The fraction of sp³-hybridized carbons (Fsp3) is 0.448. The molecule has 4 heterocycles. The number of morpholine rings is 1. The third-order valence-corrected chi connectivity index (χ3v) is 7.73. The number of anilines is 3. The lowest BCUT2D eigenvalue weighted by atomic mass is 10.1. The Labute approximate surface area is 245 Å². The van der Waals surface area contributed by atoms with Gasteiger partial charge in [0.2, 0.25) is 11.5 Å². The number of benzene rings is 1. The first-order valence-corrected chi connectivity index (χ1v) is 13.9. The maximum Gasteiger partial charge on any atom is 0.417 e. The van der Waals surface area contributed by atoms with Crippen molar-refractivity contribution in [3.63, 3.8) is 0 Å². The Hall–Kier alpha value is -4.04. The van der Waals surface area contributed by atoms with Gasteiger partial charge in [0.1, 0.15) is 5.82 Å². The van der Waals surface area contributed by atoms with Gasteiger partial charge in [0, 0.05) is 62.8 Å². The van der Waals surface area contributed by atoms with Crippen LogP contribution in [0.2, 0.25) is 0 Å². The van der Waals surface area contributed by atoms with Crippen molar-refractivity contribution < 1.29 is 27.1 Å². The SMILES string of the molecule is C[C@@H]1CN(c2nccc(-c3cc(NC(=O)c4c[nH]c(=O)cc4C(F)(F)F)c(N4CCN(C)[C@H](C)C4)cc3F)n2)C[C@H](C)O1. The number of carbonyl (C=O) groups excluding carboxylic acids is 1. The van der Waals surface area contributed by atoms with E-state index in [4.69, 9.17) is 4.74 Å². The second kappa shape index (κ2) is 11.9. The molecule has 0 unspecified atom stereocenters. The molecule has 0 aliphatic carbocycles. The molecule has 2 aliphatic rings. The van der Waals surface area contributed by atoms with Gasteiger partial charge in [-0.3, -0.25) is 9.59 Å². The van der Waals surface area contributed by atoms with Crippen LogP contribution in [-0.2, 0) is 10.9 Å². The van der Waals surface area contributed by atoms with Crippen LogP contribution in [0.5, 0.6) is 0 Å². The number of hydrogen-bond acceptors (Lipinski definition) is 8. The highest BCUT2D eigenvalue weighted by atomic mass is 19.4. The number of aromatic amines is 1. The Balaban J connectivity index is 1.56. The zero-order valence-corrected chi connectivity index (χ0v) is 24.2. The molecule has 1 aromatic carbocycles. The van der Waals surface area contributed by atoms with E-state index in [9.17, 15) is 22.8 Å². The first kappa shape index (κ1) is 30.4. The van der Waals surface area contributed by atoms with Gasteiger partial charge in [0.25, 0.3) is 5.91 Å². The molecule has 14 heteroatoms. The molecule has 0 spiro atoms. The van der Waals surface area contributed by atoms with Gasteiger partial charge in [0.05, 0.1) is 40.4 Å². The maximum absolute atomic E-state index is 15.8. The van der Waals surface area contributed by atoms with Crippen LogP contribution < -0.4 is 20.7 Å². The van der Waals surface area contributed by atoms with Crippen LogP contribution in [-0.4, -0.2) is 83.8 Å². The minimum Gasteiger partial charge on any atom is -0.372 e. The summed E-state index contributed by atoms with van der Waals surface area (Å²) < 4.78 is 62.8. The summed E-state index contributed by atoms with van der Waals surface area (Å²) in [6, 6.07) is 4.60. The minimum atomic E-state index is -4.95. The molecule has 3 aromatic rings. The molecule has 230 valence electrons. The highest BCUT2D eigenvalue weighted by molar-refractivity contribution is 6.07. The summed E-state index contributed by atoms with van der Waals surface area (Å²) in [4.78, 5) is 42.0. The Morgan fingerprint density at radius 2 is 1.79 bits per heavy atom. The third-order valence-electron chi connectivity index (χ3n) is 7.73. The Kier molecular flexibility index (Phi) is 8.43. The van der Waals surface area contributed by atoms with Crippen LogP contribution in [0.25, 0.3) is 11.3 Å². The van der Waals surface area contributed by atoms with Crippen LogP contribution in [0.4, 0.5) is 34.9 Å². The molecule has 2 fully saturated rings. The number of piperazine rings is 1. The zero-order chi connectivity index (χ0) is 31.1. The van der Waals surface area contributed by atoms with Gasteiger partial charge in [-0.05, 0) is 46.0 Å². The number of hydrogen-bond donors (Lipinski definition) is 2. The van der Waals surface area contributed by atoms with E-state index in [1.165, 1.54) is 24.4 Å². The smallest absolute Gasteiger partial charge is 0.372 e. The van der Waals surface area contributed by atoms with Crippen molar-refractivity contribution >= 4 is 23.2 Å². The summed E-state index contributed by atoms with van der Waals surface area (Å²) in [6.07, 6.45) is -2.84. The van der Waals surface area contributed by atoms with Crippen LogP contribution in [0.1, 0.15) is 36.7 Å². The topological polar surface area (TPSA) is 107 Å². The van der Waals surface area contributed by atoms with E-state index >= 15 is 4.39 Å². The molecule has 2 aromatic heterocycles. The van der Waals surface area contributed by atoms with Crippen molar-refractivity contribution in [2.75, 3.05) is 54.9 Å². The average Bonchev–Trinajstić information content (AvgIpc) is 2.94. The zero-order valence-electron chi connectivity index (χ0n) is 24.2. The molecule has 3 atom stereocenters. The Morgan fingerprint density at radius 1 is 1.07 bits per heavy atom. The predicted molar refractivity (Wildman–Crippen MR) is 154 cm³/mol. The highest BCUT2D eigenvalue weighted by Crippen LogP contribution is 2.37. The third kappa shape index (κ3) is 6.64. The molecular weight excluding hydrogens is 570 g/mol. The molecule has 10 nitrogen and oxygen atoms in total. The highest BCUT2D eigenvalue weighted by Gasteiger charge is 2.36. The molecule has 0 bridgehead atoms. The molecule has 0 radical (unpaired) electrons. The number of pyridine rings is 1. The van der Waals surface area contributed by atoms with E-state index in [1.54, 1.807) is 0 Å². The number of amides is 1. The number of alkyl halides is 3. The van der Waals surface area contributed by atoms with Crippen molar-refractivity contribution in [2.45, 2.75) is 45.2 Å². The molecular formula is C29H33F4N7O3. The van der Waals surface area contributed by atoms with Gasteiger partial charge in [-0.1, -0.05) is 0 Å². The van der Waals surface area contributed by atoms with Crippen LogP contribution >= 0.6 is 0 Å². The van der Waals surface area contributed by atoms with E-state index < -0.39 is 34.6 Å². The largest absolute Gasteiger partial charge is 0.417 e. The second-order valence-electron chi connectivity index (χ2n) is 11.1. The number of nitrogens with one attached hydrogen (secondary N) is 2. The van der Waals surface area contributed by atoms with Crippen LogP contribution in [0.3, 0.4) is 0 Å². The number of H-pyrrole nitrogens is 1. The van der Waals surface area contributed by atoms with E-state index in [2.05, 4.69) is 25.2 Å². The number of ether oxygens (including phenoxy) is 1. The predicted octanol–water partition coefficient (Wildman–Crippen LogP) is 4.00. The van der Waals surface area contributed by atoms with Crippen molar-refractivity contribution in [1.29, 1.82) is 0 Å². The number of rotatable bonds is 5. The van der Waals surface area contributed by atoms with Gasteiger partial charge in [0.15, 0.2) is 0 Å². The van der Waals surface area contributed by atoms with Gasteiger partial charge < -0.3 is 29.7 Å². The van der Waals surface area contributed by atoms with Crippen molar-refractivity contribution in [3.8, 4) is 11.3 Å². The summed E-state index contributed by atoms with van der Waals surface area (Å²) in [6.45, 7) is 8.60. The summed E-state index contributed by atoms with van der Waals surface area (Å²) in [7, 11) is 1.96. The molecule has 43 heavy (non-hydrogen) atoms. The Morgan fingerprint density at radius 3 is 2.47 bits per heavy atom. The van der Waals surface area contributed by atoms with E-state index in [0.717, 1.165) is 6.20 Å². The maximum atomic E-state index is 15.8. The summed E-state index contributed by atoms with van der Waals surface area (Å²) >= 11 is 0. The number of carbonyl (C=O) groups is 1. The number of halogens is 4. The number of aromatic nitrogens is 3. The lowest BCUT2D eigenvalue weighted by Gasteiger charge is -2.39. The summed E-state index contributed by atoms with van der Waals surface area (Å²) in [5.74, 6) is -1.35. The molecule has 1 amide bonds. The van der Waals surface area contributed by atoms with Crippen molar-refractivity contribution in [3.05, 3.63) is 64.0 Å². The van der Waals surface area contributed by atoms with Crippen LogP contribution in [0.15, 0.2) is 41.5 Å². The lowest BCUT2D eigenvalue weighted by molar-refractivity contribution is -0.138. The first-order chi connectivity index (χ1) is 20.3. The summed E-state index contributed by atoms with van der Waals surface area (Å²) in [5, 5.41) is 2.56. The fourth-order valence-electron chi connectivity index (χ4n) is 5.46. The fourth-order valence-corrected chi connectivity index (χ4v) is 5.46. The van der Waals surface area contributed by atoms with E-state index in [1.807, 2.05) is 37.6 Å². The standard InChI is InChI=1S/C29H33F4N7O3/c1-16-13-39(8-7-38(16)4)25-11-22(30)19(23-5-6-34-28(37-23)40-14-17(2)43-18(3)15-40)9-24(25)36-27(42)20-12-35-26(41)10-21(20)29(31,32)33/h5-6,9-12,16-18H,7-8,13-15H2,1-4H3,(H,35,41)(H,36,42)/t16-,17-,18+/m1/s1. The van der Waals surface area contributed by atoms with Crippen molar-refractivity contribution in [1.82, 2.24) is 19.9 Å². The van der Waals surface area contributed by atoms with Gasteiger partial charge >= 0.3 is 6.18 Å². The first-order valence-electron chi connectivity index (χ1n) is 13.9. The number of likely N-dealkylation sites (N-methyl/N-ethyl adjacent to an activating group) is 1. The summed E-state index contributed by atoms with van der Waals surface area (Å²) in [5.41, 5.74) is -2.44. The van der Waals surface area contributed by atoms with Gasteiger partial charge in [-0.2, -0.15) is 13.2 Å². The quantitative estimate of drug-likeness (QED) is 0.422. The van der Waals surface area contributed by atoms with Gasteiger partial charge in [-0.15, -0.1) is 0 Å². The van der Waals surface area contributed by atoms with E-state index in [0.29, 0.717) is 50.4 Å². The molecule has 2 aliphatic heterocycles. The van der Waals surface area contributed by atoms with Crippen molar-refractivity contribution in [2.24, 2.45) is 0 Å². The molecule has 2 N–H and O–H groups in total. The normalized spacial score (nSPS) is 21.6. The molecule has 2 saturated heterocycles. The van der Waals surface area contributed by atoms with Gasteiger partial charge in [-0.25, -0.2) is 14.4 Å². The Bertz CT molecular complexity index is 1550.